The molecule has 4 heteroatoms. The van der Waals surface area contributed by atoms with E-state index in [9.17, 15) is 0 Å². The Labute approximate surface area is 363 Å². The van der Waals surface area contributed by atoms with Crippen LogP contribution in [0.1, 0.15) is 102 Å². The lowest BCUT2D eigenvalue weighted by molar-refractivity contribution is 0.505. The molecule has 3 heterocycles. The lowest BCUT2D eigenvalue weighted by atomic mass is 9.80. The van der Waals surface area contributed by atoms with Crippen LogP contribution in [-0.2, 0) is 11.8 Å². The first-order valence-corrected chi connectivity index (χ1v) is 22.3. The number of nitrogens with zero attached hydrogens (tertiary/aromatic N) is 2. The molecule has 0 radical (unpaired) electrons. The van der Waals surface area contributed by atoms with Crippen molar-refractivity contribution >= 4 is 50.4 Å². The van der Waals surface area contributed by atoms with Crippen LogP contribution in [0.2, 0.25) is 0 Å². The highest BCUT2D eigenvalue weighted by Gasteiger charge is 2.33. The van der Waals surface area contributed by atoms with E-state index in [1.165, 1.54) is 100.0 Å². The van der Waals surface area contributed by atoms with Gasteiger partial charge in [0.05, 0.1) is 17.1 Å². The first-order chi connectivity index (χ1) is 30.4. The van der Waals surface area contributed by atoms with E-state index in [-0.39, 0.29) is 23.5 Å². The van der Waals surface area contributed by atoms with Crippen LogP contribution in [0.4, 0.5) is 5.69 Å². The number of hydrogen-bond acceptors (Lipinski definition) is 2. The van der Waals surface area contributed by atoms with Gasteiger partial charge in [-0.15, -0.1) is 0 Å². The van der Waals surface area contributed by atoms with Crippen molar-refractivity contribution in [2.45, 2.75) is 63.6 Å². The van der Waals surface area contributed by atoms with E-state index in [0.29, 0.717) is 0 Å². The molecule has 9 aromatic rings. The summed E-state index contributed by atoms with van der Waals surface area (Å²) in [7, 11) is 0. The molecule has 2 N–H and O–H groups in total. The summed E-state index contributed by atoms with van der Waals surface area (Å²) in [6.07, 6.45) is 12.6. The summed E-state index contributed by atoms with van der Waals surface area (Å²) in [5.41, 5.74) is 18.3. The van der Waals surface area contributed by atoms with Crippen molar-refractivity contribution in [1.29, 1.82) is 0 Å². The van der Waals surface area contributed by atoms with Gasteiger partial charge < -0.3 is 14.5 Å². The van der Waals surface area contributed by atoms with Crippen LogP contribution in [0.3, 0.4) is 0 Å². The van der Waals surface area contributed by atoms with Crippen molar-refractivity contribution in [2.75, 3.05) is 5.32 Å². The van der Waals surface area contributed by atoms with Crippen LogP contribution < -0.4 is 10.6 Å². The summed E-state index contributed by atoms with van der Waals surface area (Å²) in [4.78, 5) is 0. The fourth-order valence-corrected chi connectivity index (χ4v) is 10.9. The Bertz CT molecular complexity index is 3260. The molecule has 0 fully saturated rings. The minimum Gasteiger partial charge on any atom is -0.365 e. The quantitative estimate of drug-likeness (QED) is 0.182. The predicted molar refractivity (Wildman–Crippen MR) is 260 cm³/mol. The average Bonchev–Trinajstić information content (AvgIpc) is 3.85. The van der Waals surface area contributed by atoms with E-state index in [4.69, 9.17) is 0 Å². The lowest BCUT2D eigenvalue weighted by Crippen LogP contribution is -2.37. The number of hydrogen-bond donors (Lipinski definition) is 2. The third kappa shape index (κ3) is 5.85. The minimum absolute atomic E-state index is 0.00419. The van der Waals surface area contributed by atoms with E-state index in [1.807, 2.05) is 0 Å². The van der Waals surface area contributed by atoms with E-state index >= 15 is 0 Å². The number of para-hydroxylation sites is 2. The molecule has 2 aromatic heterocycles. The Morgan fingerprint density at radius 3 is 2.18 bits per heavy atom. The predicted octanol–water partition coefficient (Wildman–Crippen LogP) is 14.3. The molecular weight excluding hydrogens is 753 g/mol. The van der Waals surface area contributed by atoms with E-state index < -0.39 is 0 Å². The number of nitrogens with one attached hydrogen (secondary N) is 2. The first-order valence-electron chi connectivity index (χ1n) is 22.3. The Hall–Kier alpha value is -6.88. The van der Waals surface area contributed by atoms with Crippen molar-refractivity contribution in [1.82, 2.24) is 14.5 Å². The molecule has 7 aromatic carbocycles. The summed E-state index contributed by atoms with van der Waals surface area (Å²) in [6, 6.07) is 58.7. The highest BCUT2D eigenvalue weighted by atomic mass is 15.2. The summed E-state index contributed by atoms with van der Waals surface area (Å²) < 4.78 is 4.99. The molecule has 0 saturated carbocycles. The molecule has 2 aliphatic carbocycles. The molecule has 0 amide bonds. The second-order valence-corrected chi connectivity index (χ2v) is 18.5. The van der Waals surface area contributed by atoms with Crippen molar-refractivity contribution in [3.05, 3.63) is 220 Å². The monoisotopic (exact) mass is 802 g/mol. The third-order valence-electron chi connectivity index (χ3n) is 13.8. The van der Waals surface area contributed by atoms with Crippen molar-refractivity contribution in [3.63, 3.8) is 0 Å². The maximum absolute atomic E-state index is 4.06. The van der Waals surface area contributed by atoms with Crippen molar-refractivity contribution < 1.29 is 0 Å². The van der Waals surface area contributed by atoms with E-state index in [1.54, 1.807) is 0 Å². The van der Waals surface area contributed by atoms with Gasteiger partial charge in [0.1, 0.15) is 6.17 Å². The molecule has 1 aliphatic heterocycles. The van der Waals surface area contributed by atoms with Gasteiger partial charge in [0, 0.05) is 50.5 Å². The SMILES string of the molecule is CC(C)(C)c1cccc(C2Nc3c(ccc4ccccc34)C(c3ccc(-n4c5ccccc5c5c(C6CC=Cc7c6c6c(n7-c7ccccc7)C=CCC6)cccc54)cc3)N2)c1. The fraction of sp³-hybridized carbons (Fsp3) is 0.172. The Kier molecular flexibility index (Phi) is 8.55. The minimum atomic E-state index is -0.0579. The standard InChI is InChI=1S/C58H50N4/c1-58(2,3)40-18-13-17-39(36-40)57-59-55(48-35-32-37-16-7-8-21-43(37)56(48)60-57)38-30-33-42(34-31-38)62-50-27-12-10-23-47(50)54-45(25-15-29-52(54)62)44-24-14-28-51-53(44)46-22-9-11-26-49(46)61(51)41-19-5-4-6-20-41/h4-8,10-21,23,25-36,44,55,57,59-60H,9,22,24H2,1-3H3. The molecule has 4 nitrogen and oxygen atoms in total. The van der Waals surface area contributed by atoms with E-state index in [2.05, 4.69) is 223 Å². The van der Waals surface area contributed by atoms with Gasteiger partial charge in [-0.3, -0.25) is 5.32 Å². The number of anilines is 1. The van der Waals surface area contributed by atoms with Crippen LogP contribution in [0.15, 0.2) is 170 Å². The molecule has 0 spiro atoms. The molecule has 3 atom stereocenters. The zero-order chi connectivity index (χ0) is 41.5. The van der Waals surface area contributed by atoms with Crippen LogP contribution in [0, 0.1) is 0 Å². The van der Waals surface area contributed by atoms with Gasteiger partial charge in [0.15, 0.2) is 0 Å². The van der Waals surface area contributed by atoms with Crippen molar-refractivity contribution in [3.8, 4) is 11.4 Å². The molecule has 12 rings (SSSR count). The molecule has 3 unspecified atom stereocenters. The molecule has 3 aliphatic rings. The maximum atomic E-state index is 4.06. The fourth-order valence-electron chi connectivity index (χ4n) is 10.9. The van der Waals surface area contributed by atoms with Crippen LogP contribution in [0.25, 0.3) is 56.1 Å². The highest BCUT2D eigenvalue weighted by Crippen LogP contribution is 2.48. The summed E-state index contributed by atoms with van der Waals surface area (Å²) >= 11 is 0. The second kappa shape index (κ2) is 14.4. The van der Waals surface area contributed by atoms with Gasteiger partial charge >= 0.3 is 0 Å². The smallest absolute Gasteiger partial charge is 0.104 e. The zero-order valence-corrected chi connectivity index (χ0v) is 35.6. The number of benzene rings is 7. The van der Waals surface area contributed by atoms with Crippen LogP contribution in [-0.4, -0.2) is 9.13 Å². The molecule has 302 valence electrons. The molecule has 0 bridgehead atoms. The summed E-state index contributed by atoms with van der Waals surface area (Å²) in [5.74, 6) is 0.254. The normalized spacial score (nSPS) is 18.1. The zero-order valence-electron chi connectivity index (χ0n) is 35.6. The maximum Gasteiger partial charge on any atom is 0.104 e. The first kappa shape index (κ1) is 36.9. The number of fused-ring (bicyclic) bond motifs is 9. The van der Waals surface area contributed by atoms with Crippen LogP contribution >= 0.6 is 0 Å². The molecule has 0 saturated heterocycles. The molecular formula is C58H50N4. The van der Waals surface area contributed by atoms with Gasteiger partial charge in [-0.05, 0) is 118 Å². The Morgan fingerprint density at radius 1 is 0.581 bits per heavy atom. The largest absolute Gasteiger partial charge is 0.365 e. The topological polar surface area (TPSA) is 33.9 Å². The van der Waals surface area contributed by atoms with Gasteiger partial charge in [0.2, 0.25) is 0 Å². The average molecular weight is 803 g/mol. The number of allylic oxidation sites excluding steroid dienone is 2. The summed E-state index contributed by atoms with van der Waals surface area (Å²) in [5, 5.41) is 13.2. The van der Waals surface area contributed by atoms with Gasteiger partial charge in [-0.1, -0.05) is 154 Å². The van der Waals surface area contributed by atoms with Gasteiger partial charge in [-0.25, -0.2) is 0 Å². The second-order valence-electron chi connectivity index (χ2n) is 18.5. The highest BCUT2D eigenvalue weighted by molar-refractivity contribution is 6.11. The third-order valence-corrected chi connectivity index (χ3v) is 13.8. The Balaban J connectivity index is 0.974. The lowest BCUT2D eigenvalue weighted by Gasteiger charge is -2.36. The number of aromatic nitrogens is 2. The Morgan fingerprint density at radius 2 is 1.32 bits per heavy atom. The molecule has 62 heavy (non-hydrogen) atoms. The van der Waals surface area contributed by atoms with Gasteiger partial charge in [0.25, 0.3) is 0 Å². The summed E-state index contributed by atoms with van der Waals surface area (Å²) in [6.45, 7) is 6.86. The van der Waals surface area contributed by atoms with E-state index in [0.717, 1.165) is 19.3 Å². The van der Waals surface area contributed by atoms with Gasteiger partial charge in [-0.2, -0.15) is 0 Å². The van der Waals surface area contributed by atoms with Crippen LogP contribution in [0.5, 0.6) is 0 Å². The number of rotatable bonds is 5. The van der Waals surface area contributed by atoms with Crippen molar-refractivity contribution in [2.24, 2.45) is 0 Å².